The molecular weight excluding hydrogens is 210 g/mol. The van der Waals surface area contributed by atoms with E-state index in [1.165, 1.54) is 6.07 Å². The molecule has 0 saturated heterocycles. The van der Waals surface area contributed by atoms with E-state index in [2.05, 4.69) is 0 Å². The highest BCUT2D eigenvalue weighted by Crippen LogP contribution is 2.25. The average Bonchev–Trinajstić information content (AvgIpc) is 1.94. The van der Waals surface area contributed by atoms with E-state index in [9.17, 15) is 8.42 Å². The van der Waals surface area contributed by atoms with Crippen LogP contribution in [0.5, 0.6) is 0 Å². The zero-order valence-electron chi connectivity index (χ0n) is 7.33. The lowest BCUT2D eigenvalue weighted by Gasteiger charge is -2.05. The zero-order valence-corrected chi connectivity index (χ0v) is 8.91. The second-order valence-electron chi connectivity index (χ2n) is 2.91. The third-order valence-electron chi connectivity index (χ3n) is 1.69. The number of sulfone groups is 1. The molecule has 72 valence electrons. The van der Waals surface area contributed by atoms with Crippen LogP contribution in [0.2, 0.25) is 5.02 Å². The molecule has 0 aromatic heterocycles. The van der Waals surface area contributed by atoms with E-state index in [0.717, 1.165) is 6.26 Å². The fourth-order valence-electron chi connectivity index (χ4n) is 1.09. The van der Waals surface area contributed by atoms with Crippen molar-refractivity contribution < 1.29 is 8.42 Å². The number of benzene rings is 1. The number of nitrogens with two attached hydrogens (primary N) is 1. The Balaban J connectivity index is 3.50. The van der Waals surface area contributed by atoms with Crippen LogP contribution in [-0.4, -0.2) is 14.7 Å². The highest BCUT2D eigenvalue weighted by atomic mass is 35.5. The van der Waals surface area contributed by atoms with Gasteiger partial charge in [-0.15, -0.1) is 0 Å². The van der Waals surface area contributed by atoms with Gasteiger partial charge in [0.25, 0.3) is 0 Å². The monoisotopic (exact) mass is 219 g/mol. The summed E-state index contributed by atoms with van der Waals surface area (Å²) >= 11 is 5.70. The summed E-state index contributed by atoms with van der Waals surface area (Å²) < 4.78 is 22.4. The average molecular weight is 220 g/mol. The molecule has 5 heteroatoms. The molecule has 0 unspecified atom stereocenters. The van der Waals surface area contributed by atoms with Gasteiger partial charge in [-0.2, -0.15) is 0 Å². The van der Waals surface area contributed by atoms with Gasteiger partial charge in [0.15, 0.2) is 9.84 Å². The van der Waals surface area contributed by atoms with Gasteiger partial charge in [-0.05, 0) is 24.6 Å². The smallest absolute Gasteiger partial charge is 0.175 e. The van der Waals surface area contributed by atoms with E-state index >= 15 is 0 Å². The first-order chi connectivity index (χ1) is 5.82. The van der Waals surface area contributed by atoms with Crippen molar-refractivity contribution >= 4 is 27.1 Å². The molecule has 0 radical (unpaired) electrons. The van der Waals surface area contributed by atoms with Gasteiger partial charge < -0.3 is 5.73 Å². The van der Waals surface area contributed by atoms with Crippen LogP contribution in [0.25, 0.3) is 0 Å². The quantitative estimate of drug-likeness (QED) is 0.731. The minimum absolute atomic E-state index is 0.228. The predicted octanol–water partition coefficient (Wildman–Crippen LogP) is 1.63. The van der Waals surface area contributed by atoms with Crippen LogP contribution in [0.15, 0.2) is 17.0 Å². The number of hydrogen-bond donors (Lipinski definition) is 1. The van der Waals surface area contributed by atoms with Crippen molar-refractivity contribution in [2.24, 2.45) is 0 Å². The maximum Gasteiger partial charge on any atom is 0.175 e. The maximum atomic E-state index is 11.2. The van der Waals surface area contributed by atoms with E-state index < -0.39 is 9.84 Å². The minimum Gasteiger partial charge on any atom is -0.398 e. The molecule has 0 heterocycles. The van der Waals surface area contributed by atoms with Gasteiger partial charge in [0, 0.05) is 6.26 Å². The van der Waals surface area contributed by atoms with Crippen molar-refractivity contribution in [3.05, 3.63) is 22.7 Å². The molecule has 0 fully saturated rings. The van der Waals surface area contributed by atoms with Crippen molar-refractivity contribution in [1.82, 2.24) is 0 Å². The maximum absolute atomic E-state index is 11.2. The summed E-state index contributed by atoms with van der Waals surface area (Å²) in [5, 5.41) is 0.269. The molecule has 0 amide bonds. The number of anilines is 1. The van der Waals surface area contributed by atoms with E-state index in [1.54, 1.807) is 13.0 Å². The predicted molar refractivity (Wildman–Crippen MR) is 53.7 cm³/mol. The van der Waals surface area contributed by atoms with E-state index in [4.69, 9.17) is 17.3 Å². The number of halogens is 1. The summed E-state index contributed by atoms with van der Waals surface area (Å²) in [5.41, 5.74) is 6.52. The SMILES string of the molecule is Cc1cc(N)c(Cl)cc1S(C)(=O)=O. The van der Waals surface area contributed by atoms with Crippen LogP contribution in [0.1, 0.15) is 5.56 Å². The lowest BCUT2D eigenvalue weighted by atomic mass is 10.2. The molecule has 0 spiro atoms. The number of hydrogen-bond acceptors (Lipinski definition) is 3. The van der Waals surface area contributed by atoms with Crippen LogP contribution in [0.3, 0.4) is 0 Å². The van der Waals surface area contributed by atoms with Crippen LogP contribution >= 0.6 is 11.6 Å². The van der Waals surface area contributed by atoms with Crippen LogP contribution in [-0.2, 0) is 9.84 Å². The fraction of sp³-hybridized carbons (Fsp3) is 0.250. The summed E-state index contributed by atoms with van der Waals surface area (Å²) in [7, 11) is -3.21. The molecule has 0 aliphatic heterocycles. The van der Waals surface area contributed by atoms with Crippen molar-refractivity contribution in [3.8, 4) is 0 Å². The molecule has 1 aromatic rings. The first kappa shape index (κ1) is 10.3. The van der Waals surface area contributed by atoms with Crippen LogP contribution < -0.4 is 5.73 Å². The van der Waals surface area contributed by atoms with Crippen molar-refractivity contribution in [1.29, 1.82) is 0 Å². The Morgan fingerprint density at radius 2 is 1.92 bits per heavy atom. The second-order valence-corrected chi connectivity index (χ2v) is 5.30. The number of rotatable bonds is 1. The number of aryl methyl sites for hydroxylation is 1. The fourth-order valence-corrected chi connectivity index (χ4v) is 2.29. The first-order valence-corrected chi connectivity index (χ1v) is 5.85. The Morgan fingerprint density at radius 3 is 2.38 bits per heavy atom. The van der Waals surface area contributed by atoms with Gasteiger partial charge >= 0.3 is 0 Å². The molecule has 0 bridgehead atoms. The zero-order chi connectivity index (χ0) is 10.2. The molecule has 0 aliphatic rings. The van der Waals surface area contributed by atoms with Crippen LogP contribution in [0, 0.1) is 6.92 Å². The molecule has 0 aliphatic carbocycles. The van der Waals surface area contributed by atoms with Gasteiger partial charge in [0.05, 0.1) is 15.6 Å². The van der Waals surface area contributed by atoms with Gasteiger partial charge in [0.1, 0.15) is 0 Å². The summed E-state index contributed by atoms with van der Waals surface area (Å²) in [6, 6.07) is 2.93. The Labute approximate surface area is 82.4 Å². The van der Waals surface area contributed by atoms with E-state index in [0.29, 0.717) is 11.3 Å². The second kappa shape index (κ2) is 3.20. The molecule has 0 atom stereocenters. The summed E-state index contributed by atoms with van der Waals surface area (Å²) in [5.74, 6) is 0. The molecule has 13 heavy (non-hydrogen) atoms. The minimum atomic E-state index is -3.21. The van der Waals surface area contributed by atoms with Gasteiger partial charge in [-0.25, -0.2) is 8.42 Å². The normalized spacial score (nSPS) is 11.6. The molecule has 0 saturated carbocycles. The third-order valence-corrected chi connectivity index (χ3v) is 3.26. The summed E-state index contributed by atoms with van der Waals surface area (Å²) in [4.78, 5) is 0.228. The molecule has 1 aromatic carbocycles. The van der Waals surface area contributed by atoms with Crippen molar-refractivity contribution in [2.45, 2.75) is 11.8 Å². The molecular formula is C8H10ClNO2S. The topological polar surface area (TPSA) is 60.2 Å². The summed E-state index contributed by atoms with van der Waals surface area (Å²) in [6.07, 6.45) is 1.14. The molecule has 1 rings (SSSR count). The van der Waals surface area contributed by atoms with E-state index in [-0.39, 0.29) is 9.92 Å². The molecule has 2 N–H and O–H groups in total. The lowest BCUT2D eigenvalue weighted by molar-refractivity contribution is 0.601. The lowest BCUT2D eigenvalue weighted by Crippen LogP contribution is -2.01. The van der Waals surface area contributed by atoms with Gasteiger partial charge in [-0.3, -0.25) is 0 Å². The van der Waals surface area contributed by atoms with E-state index in [1.807, 2.05) is 0 Å². The third kappa shape index (κ3) is 2.14. The van der Waals surface area contributed by atoms with Crippen molar-refractivity contribution in [2.75, 3.05) is 12.0 Å². The van der Waals surface area contributed by atoms with Crippen molar-refractivity contribution in [3.63, 3.8) is 0 Å². The van der Waals surface area contributed by atoms with Gasteiger partial charge in [0.2, 0.25) is 0 Å². The van der Waals surface area contributed by atoms with Crippen LogP contribution in [0.4, 0.5) is 5.69 Å². The largest absolute Gasteiger partial charge is 0.398 e. The Bertz CT molecular complexity index is 440. The van der Waals surface area contributed by atoms with Gasteiger partial charge in [-0.1, -0.05) is 11.6 Å². The standard InChI is InChI=1S/C8H10ClNO2S/c1-5-3-7(10)6(9)4-8(5)13(2,11)12/h3-4H,10H2,1-2H3. The molecule has 3 nitrogen and oxygen atoms in total. The Hall–Kier alpha value is -0.740. The number of nitrogen functional groups attached to an aromatic ring is 1. The summed E-state index contributed by atoms with van der Waals surface area (Å²) in [6.45, 7) is 1.68. The Morgan fingerprint density at radius 1 is 1.38 bits per heavy atom. The highest BCUT2D eigenvalue weighted by Gasteiger charge is 2.12. The first-order valence-electron chi connectivity index (χ1n) is 3.58. The highest BCUT2D eigenvalue weighted by molar-refractivity contribution is 7.90. The Kier molecular flexibility index (Phi) is 2.54.